The molecule has 1 aromatic carbocycles. The van der Waals surface area contributed by atoms with Gasteiger partial charge in [-0.3, -0.25) is 4.79 Å². The Morgan fingerprint density at radius 3 is 2.21 bits per heavy atom. The lowest BCUT2D eigenvalue weighted by molar-refractivity contribution is 0.241. The third kappa shape index (κ3) is 2.96. The van der Waals surface area contributed by atoms with Crippen LogP contribution in [0.5, 0.6) is 0 Å². The molecule has 1 rings (SSSR count). The number of carbonyl (C=O) groups is 1. The molecule has 76 valence electrons. The first kappa shape index (κ1) is 10.9. The number of nitrogens with zero attached hydrogens (tertiary/aromatic N) is 2. The summed E-state index contributed by atoms with van der Waals surface area (Å²) >= 11 is 1.18. The van der Waals surface area contributed by atoms with Crippen molar-refractivity contribution < 1.29 is 4.79 Å². The molecule has 0 heterocycles. The Morgan fingerprint density at radius 2 is 1.71 bits per heavy atom. The molecule has 0 aliphatic rings. The van der Waals surface area contributed by atoms with Gasteiger partial charge in [-0.15, -0.1) is 0 Å². The molecule has 3 nitrogen and oxygen atoms in total. The lowest BCUT2D eigenvalue weighted by Gasteiger charge is -2.18. The monoisotopic (exact) mass is 210 g/mol. The van der Waals surface area contributed by atoms with Crippen molar-refractivity contribution in [1.29, 1.82) is 0 Å². The number of carbonyl (C=O) groups excluding carboxylic acids is 1. The van der Waals surface area contributed by atoms with Crippen LogP contribution in [-0.2, 0) is 0 Å². The largest absolute Gasteiger partial charge is 0.338 e. The topological polar surface area (TPSA) is 23.6 Å². The van der Waals surface area contributed by atoms with Crippen LogP contribution in [0.25, 0.3) is 0 Å². The van der Waals surface area contributed by atoms with E-state index >= 15 is 0 Å². The molecule has 0 radical (unpaired) electrons. The van der Waals surface area contributed by atoms with Gasteiger partial charge in [0.1, 0.15) is 0 Å². The van der Waals surface area contributed by atoms with Gasteiger partial charge in [0.25, 0.3) is 0 Å². The van der Waals surface area contributed by atoms with Crippen LogP contribution >= 0.6 is 11.9 Å². The summed E-state index contributed by atoms with van der Waals surface area (Å²) in [6.45, 7) is 0. The van der Waals surface area contributed by atoms with Crippen molar-refractivity contribution >= 4 is 22.9 Å². The molecule has 0 aliphatic heterocycles. The Balaban J connectivity index is 2.59. The van der Waals surface area contributed by atoms with Crippen LogP contribution in [0.15, 0.2) is 30.3 Å². The van der Waals surface area contributed by atoms with E-state index in [9.17, 15) is 4.79 Å². The molecule has 0 saturated heterocycles. The number of hydrogen-bond acceptors (Lipinski definition) is 3. The Labute approximate surface area is 88.8 Å². The predicted molar refractivity (Wildman–Crippen MR) is 61.5 cm³/mol. The molecule has 0 unspecified atom stereocenters. The van der Waals surface area contributed by atoms with Crippen LogP contribution in [0.2, 0.25) is 0 Å². The van der Waals surface area contributed by atoms with E-state index in [1.165, 1.54) is 11.9 Å². The molecule has 14 heavy (non-hydrogen) atoms. The van der Waals surface area contributed by atoms with Gasteiger partial charge in [-0.2, -0.15) is 0 Å². The van der Waals surface area contributed by atoms with Crippen molar-refractivity contribution in [2.24, 2.45) is 0 Å². The van der Waals surface area contributed by atoms with E-state index in [4.69, 9.17) is 0 Å². The second kappa shape index (κ2) is 4.91. The highest BCUT2D eigenvalue weighted by molar-refractivity contribution is 8.14. The van der Waals surface area contributed by atoms with Crippen molar-refractivity contribution in [1.82, 2.24) is 4.90 Å². The average molecular weight is 210 g/mol. The molecule has 0 atom stereocenters. The zero-order valence-corrected chi connectivity index (χ0v) is 9.41. The van der Waals surface area contributed by atoms with Crippen LogP contribution in [0, 0.1) is 0 Å². The number of para-hydroxylation sites is 1. The molecular weight excluding hydrogens is 196 g/mol. The number of anilines is 1. The number of rotatable bonds is 2. The van der Waals surface area contributed by atoms with Gasteiger partial charge in [0.2, 0.25) is 0 Å². The normalized spacial score (nSPS) is 9.64. The van der Waals surface area contributed by atoms with E-state index in [1.807, 2.05) is 41.7 Å². The summed E-state index contributed by atoms with van der Waals surface area (Å²) in [5, 5.41) is 0.0244. The minimum Gasteiger partial charge on any atom is -0.338 e. The smallest absolute Gasteiger partial charge is 0.301 e. The van der Waals surface area contributed by atoms with Crippen molar-refractivity contribution in [2.75, 3.05) is 25.4 Å². The molecule has 4 heteroatoms. The molecule has 0 spiro atoms. The second-order valence-corrected chi connectivity index (χ2v) is 4.16. The van der Waals surface area contributed by atoms with Crippen LogP contribution in [0.3, 0.4) is 0 Å². The number of hydrogen-bond donors (Lipinski definition) is 0. The maximum atomic E-state index is 11.4. The lowest BCUT2D eigenvalue weighted by atomic mass is 10.3. The summed E-state index contributed by atoms with van der Waals surface area (Å²) in [7, 11) is 5.36. The van der Waals surface area contributed by atoms with Gasteiger partial charge < -0.3 is 9.21 Å². The minimum atomic E-state index is 0.0244. The molecule has 0 bridgehead atoms. The Kier molecular flexibility index (Phi) is 3.83. The molecule has 0 aromatic heterocycles. The Hall–Kier alpha value is -1.16. The Bertz CT molecular complexity index is 300. The highest BCUT2D eigenvalue weighted by Gasteiger charge is 2.09. The molecule has 1 amide bonds. The minimum absolute atomic E-state index is 0.0244. The zero-order chi connectivity index (χ0) is 10.6. The van der Waals surface area contributed by atoms with Gasteiger partial charge in [0.05, 0.1) is 11.9 Å². The van der Waals surface area contributed by atoms with Crippen LogP contribution < -0.4 is 4.31 Å². The highest BCUT2D eigenvalue weighted by atomic mass is 32.2. The Morgan fingerprint density at radius 1 is 1.14 bits per heavy atom. The van der Waals surface area contributed by atoms with Crippen molar-refractivity contribution in [2.45, 2.75) is 0 Å². The van der Waals surface area contributed by atoms with Gasteiger partial charge in [-0.25, -0.2) is 0 Å². The van der Waals surface area contributed by atoms with Gasteiger partial charge in [0.15, 0.2) is 0 Å². The molecule has 0 aliphatic carbocycles. The molecular formula is C10H14N2OS. The first-order valence-electron chi connectivity index (χ1n) is 4.29. The summed E-state index contributed by atoms with van der Waals surface area (Å²) in [6.07, 6.45) is 0. The van der Waals surface area contributed by atoms with Crippen LogP contribution in [0.1, 0.15) is 0 Å². The lowest BCUT2D eigenvalue weighted by Crippen LogP contribution is -2.21. The first-order valence-corrected chi connectivity index (χ1v) is 5.06. The quantitative estimate of drug-likeness (QED) is 0.700. The van der Waals surface area contributed by atoms with E-state index in [-0.39, 0.29) is 5.24 Å². The van der Waals surface area contributed by atoms with Crippen LogP contribution in [-0.4, -0.2) is 31.3 Å². The van der Waals surface area contributed by atoms with Gasteiger partial charge in [0, 0.05) is 26.8 Å². The van der Waals surface area contributed by atoms with Crippen LogP contribution in [0.4, 0.5) is 10.5 Å². The van der Waals surface area contributed by atoms with E-state index in [1.54, 1.807) is 19.0 Å². The third-order valence-corrected chi connectivity index (χ3v) is 2.71. The van der Waals surface area contributed by atoms with E-state index in [0.717, 1.165) is 5.69 Å². The second-order valence-electron chi connectivity index (χ2n) is 3.08. The maximum Gasteiger partial charge on any atom is 0.301 e. The predicted octanol–water partition coefficient (Wildman–Crippen LogP) is 2.45. The zero-order valence-electron chi connectivity index (χ0n) is 8.60. The number of benzene rings is 1. The fraction of sp³-hybridized carbons (Fsp3) is 0.300. The summed E-state index contributed by atoms with van der Waals surface area (Å²) in [6, 6.07) is 9.79. The van der Waals surface area contributed by atoms with Gasteiger partial charge in [-0.1, -0.05) is 18.2 Å². The first-order chi connectivity index (χ1) is 6.61. The summed E-state index contributed by atoms with van der Waals surface area (Å²) in [5.41, 5.74) is 1.02. The summed E-state index contributed by atoms with van der Waals surface area (Å²) in [5.74, 6) is 0. The summed E-state index contributed by atoms with van der Waals surface area (Å²) in [4.78, 5) is 12.9. The molecule has 0 N–H and O–H groups in total. The summed E-state index contributed by atoms with van der Waals surface area (Å²) < 4.78 is 1.85. The SMILES string of the molecule is CN(C)C(=O)SN(C)c1ccccc1. The fourth-order valence-electron chi connectivity index (χ4n) is 0.889. The molecule has 1 aromatic rings. The van der Waals surface area contributed by atoms with E-state index < -0.39 is 0 Å². The van der Waals surface area contributed by atoms with Gasteiger partial charge >= 0.3 is 5.24 Å². The third-order valence-electron chi connectivity index (χ3n) is 1.70. The van der Waals surface area contributed by atoms with Crippen molar-refractivity contribution in [3.8, 4) is 0 Å². The molecule has 0 saturated carbocycles. The van der Waals surface area contributed by atoms with E-state index in [0.29, 0.717) is 0 Å². The van der Waals surface area contributed by atoms with Crippen molar-refractivity contribution in [3.63, 3.8) is 0 Å². The van der Waals surface area contributed by atoms with E-state index in [2.05, 4.69) is 0 Å². The molecule has 0 fully saturated rings. The maximum absolute atomic E-state index is 11.4. The number of amides is 1. The average Bonchev–Trinajstić information content (AvgIpc) is 2.19. The van der Waals surface area contributed by atoms with Crippen molar-refractivity contribution in [3.05, 3.63) is 30.3 Å². The highest BCUT2D eigenvalue weighted by Crippen LogP contribution is 2.20. The standard InChI is InChI=1S/C10H14N2OS/c1-11(2)10(13)14-12(3)9-7-5-4-6-8-9/h4-8H,1-3H3. The fourth-order valence-corrected chi connectivity index (χ4v) is 1.51. The van der Waals surface area contributed by atoms with Gasteiger partial charge in [-0.05, 0) is 12.1 Å².